The monoisotopic (exact) mass is 442 g/mol. The minimum Gasteiger partial charge on any atom is -0.382 e. The Morgan fingerprint density at radius 1 is 1.15 bits per heavy atom. The lowest BCUT2D eigenvalue weighted by atomic mass is 10.1. The molecule has 0 aliphatic carbocycles. The first kappa shape index (κ1) is 21.6. The van der Waals surface area contributed by atoms with Gasteiger partial charge in [0.2, 0.25) is 0 Å². The predicted octanol–water partition coefficient (Wildman–Crippen LogP) is 2.60. The second kappa shape index (κ2) is 9.65. The van der Waals surface area contributed by atoms with E-state index in [1.165, 1.54) is 18.5 Å². The summed E-state index contributed by atoms with van der Waals surface area (Å²) in [5.41, 5.74) is 7.98. The van der Waals surface area contributed by atoms with Crippen molar-refractivity contribution in [1.82, 2.24) is 25.3 Å². The molecule has 4 N–H and O–H groups in total. The third-order valence-corrected chi connectivity index (χ3v) is 4.90. The Bertz CT molecular complexity index is 1350. The third-order valence-electron chi connectivity index (χ3n) is 4.90. The van der Waals surface area contributed by atoms with E-state index in [1.54, 1.807) is 30.5 Å². The van der Waals surface area contributed by atoms with Gasteiger partial charge in [0, 0.05) is 24.5 Å². The van der Waals surface area contributed by atoms with Crippen LogP contribution in [0.5, 0.6) is 0 Å². The van der Waals surface area contributed by atoms with E-state index in [4.69, 9.17) is 5.73 Å². The molecule has 0 unspecified atom stereocenters. The Labute approximate surface area is 188 Å². The average Bonchev–Trinajstić information content (AvgIpc) is 2.83. The van der Waals surface area contributed by atoms with Gasteiger partial charge < -0.3 is 16.4 Å². The molecular weight excluding hydrogens is 423 g/mol. The number of halogens is 1. The molecule has 4 rings (SSSR count). The largest absolute Gasteiger partial charge is 0.382 e. The Hall–Kier alpha value is -4.65. The highest BCUT2D eigenvalue weighted by atomic mass is 19.1. The molecule has 1 amide bonds. The number of nitrogens with one attached hydrogen (secondary N) is 2. The molecule has 4 aromatic rings. The fourth-order valence-corrected chi connectivity index (χ4v) is 3.29. The highest BCUT2D eigenvalue weighted by Gasteiger charge is 2.16. The van der Waals surface area contributed by atoms with Gasteiger partial charge in [-0.1, -0.05) is 6.07 Å². The summed E-state index contributed by atoms with van der Waals surface area (Å²) in [6, 6.07) is 13.2. The maximum absolute atomic E-state index is 13.7. The molecule has 164 valence electrons. The van der Waals surface area contributed by atoms with E-state index in [9.17, 15) is 14.4 Å². The summed E-state index contributed by atoms with van der Waals surface area (Å²) in [6.45, 7) is 0.565. The predicted molar refractivity (Wildman–Crippen MR) is 120 cm³/mol. The van der Waals surface area contributed by atoms with Crippen LogP contribution in [-0.2, 0) is 13.0 Å². The number of amides is 1. The number of pyridine rings is 2. The number of anilines is 2. The molecule has 33 heavy (non-hydrogen) atoms. The molecule has 0 fully saturated rings. The van der Waals surface area contributed by atoms with Crippen molar-refractivity contribution in [3.63, 3.8) is 0 Å². The summed E-state index contributed by atoms with van der Waals surface area (Å²) in [5, 5.41) is 15.7. The van der Waals surface area contributed by atoms with Gasteiger partial charge >= 0.3 is 0 Å². The minimum absolute atomic E-state index is 0.0791. The highest BCUT2D eigenvalue weighted by Crippen LogP contribution is 2.20. The molecule has 0 spiro atoms. The van der Waals surface area contributed by atoms with Crippen LogP contribution in [0.2, 0.25) is 0 Å². The van der Waals surface area contributed by atoms with Crippen LogP contribution in [0.15, 0.2) is 55.0 Å². The summed E-state index contributed by atoms with van der Waals surface area (Å²) in [6.07, 6.45) is 3.25. The zero-order chi connectivity index (χ0) is 23.2. The molecule has 10 heteroatoms. The van der Waals surface area contributed by atoms with Crippen molar-refractivity contribution < 1.29 is 9.18 Å². The maximum atomic E-state index is 13.7. The van der Waals surface area contributed by atoms with E-state index in [0.717, 1.165) is 0 Å². The van der Waals surface area contributed by atoms with Crippen molar-refractivity contribution in [2.24, 2.45) is 0 Å². The summed E-state index contributed by atoms with van der Waals surface area (Å²) < 4.78 is 13.7. The summed E-state index contributed by atoms with van der Waals surface area (Å²) in [7, 11) is 0. The van der Waals surface area contributed by atoms with Gasteiger partial charge in [-0.3, -0.25) is 14.8 Å². The number of benzene rings is 1. The fraction of sp³-hybridized carbons (Fsp3) is 0.130. The molecule has 1 aromatic carbocycles. The van der Waals surface area contributed by atoms with E-state index in [2.05, 4.69) is 30.6 Å². The molecule has 3 aromatic heterocycles. The number of nitrogens with two attached hydrogens (primary N) is 1. The van der Waals surface area contributed by atoms with Gasteiger partial charge in [0.05, 0.1) is 29.0 Å². The van der Waals surface area contributed by atoms with E-state index in [1.807, 2.05) is 12.1 Å². The van der Waals surface area contributed by atoms with Crippen molar-refractivity contribution in [2.75, 3.05) is 17.6 Å². The lowest BCUT2D eigenvalue weighted by Crippen LogP contribution is -2.25. The van der Waals surface area contributed by atoms with Crippen LogP contribution in [0.1, 0.15) is 27.3 Å². The first-order valence-electron chi connectivity index (χ1n) is 10.1. The lowest BCUT2D eigenvalue weighted by Gasteiger charge is -2.13. The summed E-state index contributed by atoms with van der Waals surface area (Å²) in [5.74, 6) is -0.383. The Morgan fingerprint density at radius 3 is 2.82 bits per heavy atom. The number of rotatable bonds is 7. The van der Waals surface area contributed by atoms with E-state index >= 15 is 0 Å². The average molecular weight is 442 g/mol. The number of nitrogen functional groups attached to an aromatic ring is 1. The first-order chi connectivity index (χ1) is 16.0. The molecule has 0 radical (unpaired) electrons. The second-order valence-electron chi connectivity index (χ2n) is 7.09. The molecule has 3 heterocycles. The van der Waals surface area contributed by atoms with Crippen molar-refractivity contribution in [3.05, 3.63) is 83.3 Å². The summed E-state index contributed by atoms with van der Waals surface area (Å²) in [4.78, 5) is 29.6. The zero-order valence-electron chi connectivity index (χ0n) is 17.4. The van der Waals surface area contributed by atoms with E-state index < -0.39 is 5.82 Å². The van der Waals surface area contributed by atoms with Crippen LogP contribution >= 0.6 is 0 Å². The topological polar surface area (TPSA) is 142 Å². The van der Waals surface area contributed by atoms with Crippen LogP contribution < -0.4 is 16.4 Å². The van der Waals surface area contributed by atoms with Crippen molar-refractivity contribution in [1.29, 1.82) is 5.26 Å². The molecule has 9 nitrogen and oxygen atoms in total. The van der Waals surface area contributed by atoms with Gasteiger partial charge in [0.25, 0.3) is 5.91 Å². The normalized spacial score (nSPS) is 10.5. The third kappa shape index (κ3) is 4.99. The standard InChI is InChI=1S/C23H19FN8O/c24-15-4-5-19-14(9-15)10-17(23(33)29-12-16-3-1-2-7-27-16)20(32-19)6-8-28-22-18(11-25)21(26)30-13-31-22/h1-5,7,9-10,13H,6,8,12H2,(H,29,33)(H3,26,28,30,31). The van der Waals surface area contributed by atoms with Crippen molar-refractivity contribution in [3.8, 4) is 6.07 Å². The number of carbonyl (C=O) groups is 1. The van der Waals surface area contributed by atoms with Gasteiger partial charge in [-0.2, -0.15) is 5.26 Å². The number of fused-ring (bicyclic) bond motifs is 1. The molecule has 0 saturated carbocycles. The molecule has 0 bridgehead atoms. The number of hydrogen-bond acceptors (Lipinski definition) is 8. The van der Waals surface area contributed by atoms with Gasteiger partial charge in [-0.05, 0) is 36.4 Å². The molecular formula is C23H19FN8O. The van der Waals surface area contributed by atoms with E-state index in [0.29, 0.717) is 46.6 Å². The minimum atomic E-state index is -0.413. The van der Waals surface area contributed by atoms with Gasteiger partial charge in [-0.15, -0.1) is 0 Å². The number of aromatic nitrogens is 4. The Morgan fingerprint density at radius 2 is 2.03 bits per heavy atom. The highest BCUT2D eigenvalue weighted by molar-refractivity contribution is 5.98. The van der Waals surface area contributed by atoms with Gasteiger partial charge in [0.15, 0.2) is 0 Å². The molecule has 0 aliphatic heterocycles. The molecule has 0 aliphatic rings. The van der Waals surface area contributed by atoms with Crippen LogP contribution in [0.4, 0.5) is 16.0 Å². The van der Waals surface area contributed by atoms with Crippen molar-refractivity contribution >= 4 is 28.4 Å². The number of carbonyl (C=O) groups excluding carboxylic acids is 1. The second-order valence-corrected chi connectivity index (χ2v) is 7.09. The SMILES string of the molecule is N#Cc1c(N)ncnc1NCCc1nc2ccc(F)cc2cc1C(=O)NCc1ccccn1. The van der Waals surface area contributed by atoms with Crippen LogP contribution in [0, 0.1) is 17.1 Å². The number of hydrogen-bond donors (Lipinski definition) is 3. The fourth-order valence-electron chi connectivity index (χ4n) is 3.29. The molecule has 0 atom stereocenters. The first-order valence-corrected chi connectivity index (χ1v) is 10.1. The van der Waals surface area contributed by atoms with Gasteiger partial charge in [-0.25, -0.2) is 14.4 Å². The zero-order valence-corrected chi connectivity index (χ0v) is 17.4. The van der Waals surface area contributed by atoms with Gasteiger partial charge in [0.1, 0.15) is 35.4 Å². The lowest BCUT2D eigenvalue weighted by molar-refractivity contribution is 0.0949. The summed E-state index contributed by atoms with van der Waals surface area (Å²) >= 11 is 0. The quantitative estimate of drug-likeness (QED) is 0.396. The van der Waals surface area contributed by atoms with E-state index in [-0.39, 0.29) is 23.8 Å². The maximum Gasteiger partial charge on any atom is 0.253 e. The van der Waals surface area contributed by atoms with Crippen LogP contribution in [0.25, 0.3) is 10.9 Å². The van der Waals surface area contributed by atoms with Crippen LogP contribution in [-0.4, -0.2) is 32.4 Å². The van der Waals surface area contributed by atoms with Crippen molar-refractivity contribution in [2.45, 2.75) is 13.0 Å². The smallest absolute Gasteiger partial charge is 0.253 e. The Balaban J connectivity index is 1.58. The number of nitriles is 1. The van der Waals surface area contributed by atoms with Crippen LogP contribution in [0.3, 0.4) is 0 Å². The number of nitrogens with zero attached hydrogens (tertiary/aromatic N) is 5. The molecule has 0 saturated heterocycles. The Kier molecular flexibility index (Phi) is 6.31.